The molecule has 1 N–H and O–H groups in total. The maximum atomic E-state index is 12.5. The minimum absolute atomic E-state index is 0.240. The maximum Gasteiger partial charge on any atom is 0.265 e. The molecule has 1 atom stereocenters. The van der Waals surface area contributed by atoms with Gasteiger partial charge >= 0.3 is 0 Å². The van der Waals surface area contributed by atoms with Gasteiger partial charge < -0.3 is 10.1 Å². The van der Waals surface area contributed by atoms with Crippen LogP contribution >= 0.6 is 0 Å². The highest BCUT2D eigenvalue weighted by atomic mass is 16.5. The van der Waals surface area contributed by atoms with Gasteiger partial charge in [0.2, 0.25) is 0 Å². The Labute approximate surface area is 175 Å². The number of hydrogen-bond acceptors (Lipinski definition) is 4. The fourth-order valence-electron chi connectivity index (χ4n) is 3.08. The van der Waals surface area contributed by atoms with E-state index in [2.05, 4.69) is 27.4 Å². The van der Waals surface area contributed by atoms with E-state index in [-0.39, 0.29) is 5.91 Å². The second-order valence-electron chi connectivity index (χ2n) is 6.89. The number of rotatable bonds is 6. The smallest absolute Gasteiger partial charge is 0.265 e. The molecule has 2 heterocycles. The summed E-state index contributed by atoms with van der Waals surface area (Å²) in [6.07, 6.45) is 4.53. The molecule has 0 aliphatic carbocycles. The number of pyridine rings is 1. The molecule has 4 rings (SSSR count). The standard InChI is InChI=1S/C24H22N4O2/c1-17(30-22-11-8-20(9-12-22)19-6-4-3-5-7-19)24(29)27-21-10-13-23(26-16-21)28-15-14-25-18(28)2/h3-17H,1-2H3,(H,27,29). The Hall–Kier alpha value is -3.93. The van der Waals surface area contributed by atoms with Crippen molar-refractivity contribution in [2.75, 3.05) is 5.32 Å². The Morgan fingerprint density at radius 2 is 1.70 bits per heavy atom. The van der Waals surface area contributed by atoms with E-state index in [4.69, 9.17) is 4.74 Å². The van der Waals surface area contributed by atoms with Crippen molar-refractivity contribution in [2.45, 2.75) is 20.0 Å². The van der Waals surface area contributed by atoms with Crippen LogP contribution in [0.2, 0.25) is 0 Å². The van der Waals surface area contributed by atoms with Crippen LogP contribution in [0.3, 0.4) is 0 Å². The minimum Gasteiger partial charge on any atom is -0.481 e. The van der Waals surface area contributed by atoms with Gasteiger partial charge in [0.1, 0.15) is 17.4 Å². The number of benzene rings is 2. The SMILES string of the molecule is Cc1nccn1-c1ccc(NC(=O)C(C)Oc2ccc(-c3ccccc3)cc2)cn1. The van der Waals surface area contributed by atoms with Crippen molar-refractivity contribution < 1.29 is 9.53 Å². The number of carbonyl (C=O) groups is 1. The molecule has 1 amide bonds. The number of imidazole rings is 1. The van der Waals surface area contributed by atoms with E-state index < -0.39 is 6.10 Å². The molecule has 150 valence electrons. The lowest BCUT2D eigenvalue weighted by molar-refractivity contribution is -0.122. The first-order chi connectivity index (χ1) is 14.6. The van der Waals surface area contributed by atoms with E-state index in [1.165, 1.54) is 0 Å². The number of hydrogen-bond donors (Lipinski definition) is 1. The zero-order chi connectivity index (χ0) is 20.9. The Morgan fingerprint density at radius 1 is 0.967 bits per heavy atom. The van der Waals surface area contributed by atoms with Crippen molar-refractivity contribution in [1.29, 1.82) is 0 Å². The van der Waals surface area contributed by atoms with Gasteiger partial charge in [-0.3, -0.25) is 9.36 Å². The summed E-state index contributed by atoms with van der Waals surface area (Å²) in [6, 6.07) is 21.5. The van der Waals surface area contributed by atoms with Crippen LogP contribution in [0.4, 0.5) is 5.69 Å². The Kier molecular flexibility index (Phi) is 5.57. The largest absolute Gasteiger partial charge is 0.481 e. The predicted molar refractivity (Wildman–Crippen MR) is 117 cm³/mol. The third-order valence-electron chi connectivity index (χ3n) is 4.73. The van der Waals surface area contributed by atoms with Crippen LogP contribution in [-0.2, 0) is 4.79 Å². The fourth-order valence-corrected chi connectivity index (χ4v) is 3.08. The van der Waals surface area contributed by atoms with Gasteiger partial charge in [-0.25, -0.2) is 9.97 Å². The van der Waals surface area contributed by atoms with E-state index in [1.54, 1.807) is 25.4 Å². The number of carbonyl (C=O) groups excluding carboxylic acids is 1. The Morgan fingerprint density at radius 3 is 2.33 bits per heavy atom. The summed E-state index contributed by atoms with van der Waals surface area (Å²) in [7, 11) is 0. The zero-order valence-electron chi connectivity index (χ0n) is 16.8. The summed E-state index contributed by atoms with van der Waals surface area (Å²) in [5.74, 6) is 1.99. The van der Waals surface area contributed by atoms with Crippen molar-refractivity contribution >= 4 is 11.6 Å². The Balaban J connectivity index is 1.36. The quantitative estimate of drug-likeness (QED) is 0.513. The van der Waals surface area contributed by atoms with E-state index in [1.807, 2.05) is 66.2 Å². The van der Waals surface area contributed by atoms with Gasteiger partial charge in [0, 0.05) is 12.4 Å². The first kappa shape index (κ1) is 19.4. The molecule has 0 radical (unpaired) electrons. The van der Waals surface area contributed by atoms with Crippen LogP contribution in [-0.4, -0.2) is 26.5 Å². The Bertz CT molecular complexity index is 1120. The van der Waals surface area contributed by atoms with Gasteiger partial charge in [0.05, 0.1) is 11.9 Å². The lowest BCUT2D eigenvalue weighted by Crippen LogP contribution is -2.30. The molecule has 0 bridgehead atoms. The van der Waals surface area contributed by atoms with Gasteiger partial charge in [-0.2, -0.15) is 0 Å². The molecular weight excluding hydrogens is 376 g/mol. The molecule has 0 aliphatic rings. The molecular formula is C24H22N4O2. The minimum atomic E-state index is -0.650. The van der Waals surface area contributed by atoms with E-state index in [0.29, 0.717) is 11.4 Å². The van der Waals surface area contributed by atoms with Crippen LogP contribution in [0.25, 0.3) is 16.9 Å². The van der Waals surface area contributed by atoms with Crippen LogP contribution in [0.1, 0.15) is 12.7 Å². The molecule has 0 spiro atoms. The summed E-state index contributed by atoms with van der Waals surface area (Å²) in [6.45, 7) is 3.62. The molecule has 6 heteroatoms. The van der Waals surface area contributed by atoms with Crippen molar-refractivity contribution in [3.05, 3.63) is 91.1 Å². The van der Waals surface area contributed by atoms with E-state index >= 15 is 0 Å². The highest BCUT2D eigenvalue weighted by molar-refractivity contribution is 5.94. The first-order valence-corrected chi connectivity index (χ1v) is 9.69. The molecule has 2 aromatic carbocycles. The third-order valence-corrected chi connectivity index (χ3v) is 4.73. The van der Waals surface area contributed by atoms with Crippen molar-refractivity contribution in [3.8, 4) is 22.7 Å². The van der Waals surface area contributed by atoms with Crippen molar-refractivity contribution in [3.63, 3.8) is 0 Å². The molecule has 0 fully saturated rings. The molecule has 30 heavy (non-hydrogen) atoms. The number of aryl methyl sites for hydroxylation is 1. The van der Waals surface area contributed by atoms with E-state index in [9.17, 15) is 4.79 Å². The lowest BCUT2D eigenvalue weighted by atomic mass is 10.1. The number of ether oxygens (including phenoxy) is 1. The highest BCUT2D eigenvalue weighted by Gasteiger charge is 2.15. The summed E-state index contributed by atoms with van der Waals surface area (Å²) >= 11 is 0. The van der Waals surface area contributed by atoms with Gasteiger partial charge in [-0.1, -0.05) is 42.5 Å². The predicted octanol–water partition coefficient (Wildman–Crippen LogP) is 4.65. The molecule has 1 unspecified atom stereocenters. The average molecular weight is 398 g/mol. The number of aromatic nitrogens is 3. The number of amides is 1. The lowest BCUT2D eigenvalue weighted by Gasteiger charge is -2.15. The van der Waals surface area contributed by atoms with Crippen molar-refractivity contribution in [2.24, 2.45) is 0 Å². The summed E-state index contributed by atoms with van der Waals surface area (Å²) < 4.78 is 7.66. The van der Waals surface area contributed by atoms with Crippen LogP contribution < -0.4 is 10.1 Å². The van der Waals surface area contributed by atoms with Crippen LogP contribution in [0.15, 0.2) is 85.3 Å². The summed E-state index contributed by atoms with van der Waals surface area (Å²) in [4.78, 5) is 21.1. The van der Waals surface area contributed by atoms with Crippen LogP contribution in [0, 0.1) is 6.92 Å². The molecule has 4 aromatic rings. The second-order valence-corrected chi connectivity index (χ2v) is 6.89. The fraction of sp³-hybridized carbons (Fsp3) is 0.125. The zero-order valence-corrected chi connectivity index (χ0v) is 16.8. The van der Waals surface area contributed by atoms with Gasteiger partial charge in [0.15, 0.2) is 6.10 Å². The van der Waals surface area contributed by atoms with Gasteiger partial charge in [0.25, 0.3) is 5.91 Å². The monoisotopic (exact) mass is 398 g/mol. The molecule has 6 nitrogen and oxygen atoms in total. The highest BCUT2D eigenvalue weighted by Crippen LogP contribution is 2.23. The number of nitrogens with one attached hydrogen (secondary N) is 1. The second kappa shape index (κ2) is 8.61. The topological polar surface area (TPSA) is 69.0 Å². The summed E-state index contributed by atoms with van der Waals surface area (Å²) in [5, 5.41) is 2.83. The first-order valence-electron chi connectivity index (χ1n) is 9.69. The number of nitrogens with zero attached hydrogens (tertiary/aromatic N) is 3. The molecule has 0 aliphatic heterocycles. The van der Waals surface area contributed by atoms with Crippen LogP contribution in [0.5, 0.6) is 5.75 Å². The molecule has 2 aromatic heterocycles. The normalized spacial score (nSPS) is 11.7. The van der Waals surface area contributed by atoms with E-state index in [0.717, 1.165) is 22.8 Å². The van der Waals surface area contributed by atoms with Gasteiger partial charge in [-0.05, 0) is 49.2 Å². The maximum absolute atomic E-state index is 12.5. The molecule has 0 saturated heterocycles. The third kappa shape index (κ3) is 4.38. The van der Waals surface area contributed by atoms with Gasteiger partial charge in [-0.15, -0.1) is 0 Å². The molecule has 0 saturated carbocycles. The number of anilines is 1. The average Bonchev–Trinajstić information content (AvgIpc) is 3.21. The van der Waals surface area contributed by atoms with Crippen molar-refractivity contribution in [1.82, 2.24) is 14.5 Å². The summed E-state index contributed by atoms with van der Waals surface area (Å²) in [5.41, 5.74) is 2.84.